The molecule has 0 radical (unpaired) electrons. The van der Waals surface area contributed by atoms with E-state index >= 15 is 0 Å². The van der Waals surface area contributed by atoms with Crippen LogP contribution in [0.2, 0.25) is 0 Å². The predicted molar refractivity (Wildman–Crippen MR) is 126 cm³/mol. The number of fused-ring (bicyclic) bond motifs is 1. The fraction of sp³-hybridized carbons (Fsp3) is 0.360. The summed E-state index contributed by atoms with van der Waals surface area (Å²) in [4.78, 5) is 1.23. The van der Waals surface area contributed by atoms with Gasteiger partial charge in [-0.15, -0.1) is 0 Å². The van der Waals surface area contributed by atoms with Gasteiger partial charge in [-0.05, 0) is 36.8 Å². The summed E-state index contributed by atoms with van der Waals surface area (Å²) < 4.78 is 9.20. The molecule has 0 amide bonds. The van der Waals surface area contributed by atoms with E-state index < -0.39 is 0 Å². The van der Waals surface area contributed by atoms with Crippen molar-refractivity contribution >= 4 is 22.1 Å². The Kier molecular flexibility index (Phi) is 7.01. The summed E-state index contributed by atoms with van der Waals surface area (Å²) in [5.41, 5.74) is 4.10. The number of quaternary nitrogens is 1. The van der Waals surface area contributed by atoms with E-state index in [-0.39, 0.29) is 11.4 Å². The Bertz CT molecular complexity index is 950. The zero-order valence-electron chi connectivity index (χ0n) is 18.6. The summed E-state index contributed by atoms with van der Waals surface area (Å²) in [7, 11) is 8.60. The van der Waals surface area contributed by atoms with Crippen LogP contribution in [-0.2, 0) is 22.1 Å². The molecule has 29 heavy (non-hydrogen) atoms. The standard InChI is InChI=1S/C25H34N2OS/c1-20-15-21(2)17-22(16-20)19-27(4,5)14-13-26(3)29(28-6)25-12-11-23-9-7-8-10-24(23)18-25/h7-12,15-18H,13-14,19H2,1-6H3/q+2. The van der Waals surface area contributed by atoms with Crippen LogP contribution in [0.1, 0.15) is 16.7 Å². The molecule has 0 N–H and O–H groups in total. The first-order valence-electron chi connectivity index (χ1n) is 10.2. The van der Waals surface area contributed by atoms with Gasteiger partial charge in [0.25, 0.3) is 11.4 Å². The molecule has 3 aromatic rings. The van der Waals surface area contributed by atoms with Crippen LogP contribution in [0.5, 0.6) is 0 Å². The van der Waals surface area contributed by atoms with Gasteiger partial charge in [0.1, 0.15) is 6.54 Å². The molecule has 0 aliphatic rings. The van der Waals surface area contributed by atoms with Crippen molar-refractivity contribution in [3.63, 3.8) is 0 Å². The van der Waals surface area contributed by atoms with Gasteiger partial charge >= 0.3 is 0 Å². The molecule has 3 nitrogen and oxygen atoms in total. The average Bonchev–Trinajstić information content (AvgIpc) is 2.66. The largest absolute Gasteiger partial charge is 0.324 e. The van der Waals surface area contributed by atoms with Gasteiger partial charge in [0.05, 0.1) is 34.3 Å². The lowest BCUT2D eigenvalue weighted by Crippen LogP contribution is -2.45. The number of nitrogens with zero attached hydrogens (tertiary/aromatic N) is 2. The van der Waals surface area contributed by atoms with Crippen molar-refractivity contribution in [1.29, 1.82) is 0 Å². The molecule has 1 atom stereocenters. The molecule has 154 valence electrons. The predicted octanol–water partition coefficient (Wildman–Crippen LogP) is 5.12. The van der Waals surface area contributed by atoms with E-state index in [1.54, 1.807) is 0 Å². The second-order valence-corrected chi connectivity index (χ2v) is 10.5. The summed E-state index contributed by atoms with van der Waals surface area (Å²) in [6.45, 7) is 7.43. The smallest absolute Gasteiger partial charge is 0.280 e. The van der Waals surface area contributed by atoms with Crippen molar-refractivity contribution in [3.05, 3.63) is 77.4 Å². The highest BCUT2D eigenvalue weighted by atomic mass is 32.2. The minimum atomic E-state index is -0.361. The van der Waals surface area contributed by atoms with E-state index in [1.807, 2.05) is 7.11 Å². The van der Waals surface area contributed by atoms with E-state index in [0.29, 0.717) is 0 Å². The summed E-state index contributed by atoms with van der Waals surface area (Å²) in [5.74, 6) is 0. The molecule has 0 aliphatic heterocycles. The van der Waals surface area contributed by atoms with Gasteiger partial charge in [-0.3, -0.25) is 0 Å². The van der Waals surface area contributed by atoms with Crippen molar-refractivity contribution in [1.82, 2.24) is 4.31 Å². The number of rotatable bonds is 8. The molecular weight excluding hydrogens is 376 g/mol. The van der Waals surface area contributed by atoms with Crippen molar-refractivity contribution in [2.45, 2.75) is 25.3 Å². The summed E-state index contributed by atoms with van der Waals surface area (Å²) >= 11 is -0.361. The van der Waals surface area contributed by atoms with Gasteiger partial charge in [-0.1, -0.05) is 57.9 Å². The van der Waals surface area contributed by atoms with Crippen LogP contribution in [0, 0.1) is 13.8 Å². The van der Waals surface area contributed by atoms with Gasteiger partial charge in [-0.2, -0.15) is 4.18 Å². The molecule has 4 heteroatoms. The van der Waals surface area contributed by atoms with Gasteiger partial charge in [-0.25, -0.2) is 0 Å². The normalized spacial score (nSPS) is 13.2. The molecule has 0 aromatic heterocycles. The molecular formula is C25H34N2OS+2. The first-order valence-corrected chi connectivity index (χ1v) is 11.3. The second kappa shape index (κ2) is 9.31. The molecule has 0 aliphatic carbocycles. The summed E-state index contributed by atoms with van der Waals surface area (Å²) in [5, 5.41) is 2.53. The molecule has 0 spiro atoms. The molecule has 1 unspecified atom stereocenters. The van der Waals surface area contributed by atoms with E-state index in [1.165, 1.54) is 32.4 Å². The summed E-state index contributed by atoms with van der Waals surface area (Å²) in [6, 6.07) is 22.0. The van der Waals surface area contributed by atoms with Crippen LogP contribution in [0.25, 0.3) is 10.8 Å². The third-order valence-electron chi connectivity index (χ3n) is 5.28. The minimum Gasteiger partial charge on any atom is -0.324 e. The fourth-order valence-electron chi connectivity index (χ4n) is 3.91. The van der Waals surface area contributed by atoms with Crippen LogP contribution in [-0.4, -0.2) is 50.1 Å². The van der Waals surface area contributed by atoms with Crippen molar-refractivity contribution in [2.75, 3.05) is 41.3 Å². The fourth-order valence-corrected chi connectivity index (χ4v) is 5.37. The highest BCUT2D eigenvalue weighted by Gasteiger charge is 2.32. The van der Waals surface area contributed by atoms with E-state index in [2.05, 4.69) is 100.0 Å². The third kappa shape index (κ3) is 5.83. The Balaban J connectivity index is 1.67. The Morgan fingerprint density at radius 2 is 1.55 bits per heavy atom. The Morgan fingerprint density at radius 1 is 0.897 bits per heavy atom. The van der Waals surface area contributed by atoms with Crippen LogP contribution in [0.3, 0.4) is 0 Å². The lowest BCUT2D eigenvalue weighted by Gasteiger charge is -2.31. The molecule has 0 bridgehead atoms. The number of hydrogen-bond acceptors (Lipinski definition) is 2. The van der Waals surface area contributed by atoms with Gasteiger partial charge in [0.15, 0.2) is 0 Å². The maximum atomic E-state index is 5.91. The van der Waals surface area contributed by atoms with Crippen LogP contribution in [0.15, 0.2) is 65.6 Å². The van der Waals surface area contributed by atoms with Gasteiger partial charge < -0.3 is 4.48 Å². The van der Waals surface area contributed by atoms with E-state index in [9.17, 15) is 0 Å². The molecule has 0 heterocycles. The first-order chi connectivity index (χ1) is 13.8. The maximum Gasteiger partial charge on any atom is 0.280 e. The summed E-state index contributed by atoms with van der Waals surface area (Å²) in [6.07, 6.45) is 0. The highest BCUT2D eigenvalue weighted by molar-refractivity contribution is 7.90. The third-order valence-corrected chi connectivity index (χ3v) is 7.00. The molecule has 0 saturated heterocycles. The van der Waals surface area contributed by atoms with E-state index in [0.717, 1.165) is 24.1 Å². The molecule has 3 aromatic carbocycles. The van der Waals surface area contributed by atoms with Gasteiger partial charge in [0.2, 0.25) is 4.90 Å². The number of hydrogen-bond donors (Lipinski definition) is 0. The van der Waals surface area contributed by atoms with Crippen molar-refractivity contribution in [2.24, 2.45) is 0 Å². The number of benzene rings is 3. The Labute approximate surface area is 179 Å². The van der Waals surface area contributed by atoms with Crippen LogP contribution >= 0.6 is 0 Å². The molecule has 0 saturated carbocycles. The SMILES string of the molecule is CO[S+](c1ccc2ccccc2c1)N(C)CC[N+](C)(C)Cc1cc(C)cc(C)c1. The maximum absolute atomic E-state index is 5.91. The lowest BCUT2D eigenvalue weighted by molar-refractivity contribution is -0.902. The lowest BCUT2D eigenvalue weighted by atomic mass is 10.1. The molecule has 3 rings (SSSR count). The quantitative estimate of drug-likeness (QED) is 0.378. The number of aryl methyl sites for hydroxylation is 2. The topological polar surface area (TPSA) is 12.5 Å². The zero-order valence-corrected chi connectivity index (χ0v) is 19.4. The Morgan fingerprint density at radius 3 is 2.21 bits per heavy atom. The second-order valence-electron chi connectivity index (χ2n) is 8.59. The minimum absolute atomic E-state index is 0.361. The van der Waals surface area contributed by atoms with Crippen LogP contribution < -0.4 is 0 Å². The highest BCUT2D eigenvalue weighted by Crippen LogP contribution is 2.23. The average molecular weight is 411 g/mol. The Hall–Kier alpha value is -1.85. The van der Waals surface area contributed by atoms with E-state index in [4.69, 9.17) is 4.18 Å². The van der Waals surface area contributed by atoms with Crippen molar-refractivity contribution in [3.8, 4) is 0 Å². The monoisotopic (exact) mass is 410 g/mol. The number of likely N-dealkylation sites (N-methyl/N-ethyl adjacent to an activating group) is 2. The molecule has 0 fully saturated rings. The van der Waals surface area contributed by atoms with Gasteiger partial charge in [0, 0.05) is 18.7 Å². The first kappa shape index (κ1) is 21.8. The zero-order chi connectivity index (χ0) is 21.0. The van der Waals surface area contributed by atoms with Crippen LogP contribution in [0.4, 0.5) is 0 Å². The van der Waals surface area contributed by atoms with Crippen molar-refractivity contribution < 1.29 is 8.67 Å².